The largest absolute Gasteiger partial charge is 0.481 e. The van der Waals surface area contributed by atoms with Gasteiger partial charge in [-0.2, -0.15) is 0 Å². The van der Waals surface area contributed by atoms with E-state index >= 15 is 0 Å². The SMILES string of the molecule is CCC(CC)(CNC(=O)c1occc1CN1C(=O)Cc2ccccc21)C(=O)O. The smallest absolute Gasteiger partial charge is 0.311 e. The Morgan fingerprint density at radius 1 is 1.21 bits per heavy atom. The summed E-state index contributed by atoms with van der Waals surface area (Å²) in [6.45, 7) is 3.82. The van der Waals surface area contributed by atoms with Gasteiger partial charge in [-0.25, -0.2) is 0 Å². The fraction of sp³-hybridized carbons (Fsp3) is 0.381. The number of fused-ring (bicyclic) bond motifs is 1. The average molecular weight is 384 g/mol. The maximum atomic E-state index is 12.6. The molecule has 0 fully saturated rings. The normalized spacial score (nSPS) is 13.5. The molecule has 1 aliphatic heterocycles. The summed E-state index contributed by atoms with van der Waals surface area (Å²) in [5.74, 6) is -1.34. The van der Waals surface area contributed by atoms with Gasteiger partial charge in [0.05, 0.1) is 24.6 Å². The number of carboxylic acids is 1. The number of furan rings is 1. The lowest BCUT2D eigenvalue weighted by Gasteiger charge is -2.26. The zero-order chi connectivity index (χ0) is 20.3. The van der Waals surface area contributed by atoms with Crippen molar-refractivity contribution in [2.45, 2.75) is 39.7 Å². The highest BCUT2D eigenvalue weighted by molar-refractivity contribution is 6.01. The predicted octanol–water partition coefficient (Wildman–Crippen LogP) is 2.99. The molecule has 7 heteroatoms. The number of amides is 2. The number of nitrogens with one attached hydrogen (secondary N) is 1. The van der Waals surface area contributed by atoms with Gasteiger partial charge in [0, 0.05) is 17.8 Å². The highest BCUT2D eigenvalue weighted by Crippen LogP contribution is 2.31. The Morgan fingerprint density at radius 2 is 1.93 bits per heavy atom. The lowest BCUT2D eigenvalue weighted by Crippen LogP contribution is -2.42. The standard InChI is InChI=1S/C21H24N2O5/c1-3-21(4-2,20(26)27)13-22-19(25)18-15(9-10-28-18)12-23-16-8-6-5-7-14(16)11-17(23)24/h5-10H,3-4,11-13H2,1-2H3,(H,22,25)(H,26,27). The molecule has 1 aliphatic rings. The Kier molecular flexibility index (Phi) is 5.53. The summed E-state index contributed by atoms with van der Waals surface area (Å²) < 4.78 is 5.36. The number of para-hydroxylation sites is 1. The molecule has 0 saturated heterocycles. The summed E-state index contributed by atoms with van der Waals surface area (Å²) >= 11 is 0. The number of carbonyl (C=O) groups is 3. The quantitative estimate of drug-likeness (QED) is 0.729. The first-order valence-electron chi connectivity index (χ1n) is 9.38. The highest BCUT2D eigenvalue weighted by Gasteiger charge is 2.36. The van der Waals surface area contributed by atoms with Crippen molar-refractivity contribution < 1.29 is 23.9 Å². The number of carbonyl (C=O) groups excluding carboxylic acids is 2. The van der Waals surface area contributed by atoms with E-state index in [1.165, 1.54) is 6.26 Å². The number of aliphatic carboxylic acids is 1. The molecule has 3 rings (SSSR count). The second-order valence-corrected chi connectivity index (χ2v) is 7.04. The molecule has 0 atom stereocenters. The monoisotopic (exact) mass is 384 g/mol. The van der Waals surface area contributed by atoms with Crippen LogP contribution in [0.1, 0.15) is 48.4 Å². The Bertz CT molecular complexity index is 898. The summed E-state index contributed by atoms with van der Waals surface area (Å²) in [5.41, 5.74) is 1.37. The van der Waals surface area contributed by atoms with Gasteiger partial charge in [0.25, 0.3) is 5.91 Å². The van der Waals surface area contributed by atoms with Crippen molar-refractivity contribution in [2.24, 2.45) is 5.41 Å². The van der Waals surface area contributed by atoms with Crippen molar-refractivity contribution in [3.8, 4) is 0 Å². The molecule has 2 heterocycles. The van der Waals surface area contributed by atoms with Gasteiger partial charge in [0.2, 0.25) is 5.91 Å². The van der Waals surface area contributed by atoms with Gasteiger partial charge in [0.15, 0.2) is 5.76 Å². The van der Waals surface area contributed by atoms with E-state index in [-0.39, 0.29) is 24.8 Å². The topological polar surface area (TPSA) is 99.9 Å². The van der Waals surface area contributed by atoms with Crippen molar-refractivity contribution in [3.05, 3.63) is 53.5 Å². The number of hydrogen-bond donors (Lipinski definition) is 2. The molecule has 2 N–H and O–H groups in total. The van der Waals surface area contributed by atoms with Crippen molar-refractivity contribution in [2.75, 3.05) is 11.4 Å². The van der Waals surface area contributed by atoms with Crippen LogP contribution in [0.15, 0.2) is 41.0 Å². The molecular weight excluding hydrogens is 360 g/mol. The summed E-state index contributed by atoms with van der Waals surface area (Å²) in [5, 5.41) is 12.2. The summed E-state index contributed by atoms with van der Waals surface area (Å²) in [4.78, 5) is 38.3. The third-order valence-corrected chi connectivity index (χ3v) is 5.60. The van der Waals surface area contributed by atoms with Crippen LogP contribution in [-0.4, -0.2) is 29.4 Å². The Balaban J connectivity index is 1.74. The van der Waals surface area contributed by atoms with E-state index in [4.69, 9.17) is 4.42 Å². The molecule has 2 amide bonds. The third-order valence-electron chi connectivity index (χ3n) is 5.60. The molecule has 28 heavy (non-hydrogen) atoms. The van der Waals surface area contributed by atoms with Gasteiger partial charge in [-0.05, 0) is 30.5 Å². The van der Waals surface area contributed by atoms with Crippen LogP contribution in [0, 0.1) is 5.41 Å². The van der Waals surface area contributed by atoms with Crippen molar-refractivity contribution in [3.63, 3.8) is 0 Å². The predicted molar refractivity (Wildman–Crippen MR) is 103 cm³/mol. The maximum absolute atomic E-state index is 12.6. The number of anilines is 1. The van der Waals surface area contributed by atoms with Crippen LogP contribution in [0.5, 0.6) is 0 Å². The molecule has 0 radical (unpaired) electrons. The summed E-state index contributed by atoms with van der Waals surface area (Å²) in [6.07, 6.45) is 2.55. The average Bonchev–Trinajstić information content (AvgIpc) is 3.27. The Hall–Kier alpha value is -3.09. The lowest BCUT2D eigenvalue weighted by molar-refractivity contribution is -0.149. The highest BCUT2D eigenvalue weighted by atomic mass is 16.4. The second kappa shape index (κ2) is 7.88. The van der Waals surface area contributed by atoms with Crippen LogP contribution in [0.25, 0.3) is 0 Å². The molecule has 0 spiro atoms. The molecule has 0 bridgehead atoms. The molecule has 2 aromatic rings. The second-order valence-electron chi connectivity index (χ2n) is 7.04. The van der Waals surface area contributed by atoms with E-state index < -0.39 is 17.3 Å². The van der Waals surface area contributed by atoms with Gasteiger partial charge >= 0.3 is 5.97 Å². The third kappa shape index (κ3) is 3.52. The summed E-state index contributed by atoms with van der Waals surface area (Å²) in [7, 11) is 0. The van der Waals surface area contributed by atoms with Gasteiger partial charge < -0.3 is 19.7 Å². The van der Waals surface area contributed by atoms with Crippen LogP contribution in [-0.2, 0) is 22.6 Å². The molecule has 7 nitrogen and oxygen atoms in total. The number of nitrogens with zero attached hydrogens (tertiary/aromatic N) is 1. The van der Waals surface area contributed by atoms with E-state index in [2.05, 4.69) is 5.32 Å². The minimum atomic E-state index is -1.01. The fourth-order valence-electron chi connectivity index (χ4n) is 3.53. The minimum Gasteiger partial charge on any atom is -0.481 e. The lowest BCUT2D eigenvalue weighted by atomic mass is 9.82. The number of benzene rings is 1. The number of rotatable bonds is 8. The van der Waals surface area contributed by atoms with E-state index in [9.17, 15) is 19.5 Å². The van der Waals surface area contributed by atoms with Gasteiger partial charge in [0.1, 0.15) is 0 Å². The Labute approximate surface area is 163 Å². The van der Waals surface area contributed by atoms with Crippen molar-refractivity contribution in [1.29, 1.82) is 0 Å². The zero-order valence-corrected chi connectivity index (χ0v) is 16.0. The van der Waals surface area contributed by atoms with E-state index in [0.29, 0.717) is 24.8 Å². The number of hydrogen-bond acceptors (Lipinski definition) is 4. The first kappa shape index (κ1) is 19.7. The number of carboxylic acid groups (broad SMARTS) is 1. The van der Waals surface area contributed by atoms with Crippen molar-refractivity contribution in [1.82, 2.24) is 5.32 Å². The van der Waals surface area contributed by atoms with Gasteiger partial charge in [-0.1, -0.05) is 32.0 Å². The molecule has 1 aromatic heterocycles. The minimum absolute atomic E-state index is 0.0137. The van der Waals surface area contributed by atoms with Gasteiger partial charge in [-0.3, -0.25) is 14.4 Å². The maximum Gasteiger partial charge on any atom is 0.311 e. The molecule has 0 unspecified atom stereocenters. The molecular formula is C21H24N2O5. The first-order valence-corrected chi connectivity index (χ1v) is 9.38. The zero-order valence-electron chi connectivity index (χ0n) is 16.0. The Morgan fingerprint density at radius 3 is 2.61 bits per heavy atom. The van der Waals surface area contributed by atoms with Crippen LogP contribution >= 0.6 is 0 Å². The van der Waals surface area contributed by atoms with Crippen LogP contribution < -0.4 is 10.2 Å². The van der Waals surface area contributed by atoms with Crippen LogP contribution in [0.4, 0.5) is 5.69 Å². The van der Waals surface area contributed by atoms with E-state index in [1.807, 2.05) is 24.3 Å². The van der Waals surface area contributed by atoms with Crippen LogP contribution in [0.2, 0.25) is 0 Å². The van der Waals surface area contributed by atoms with E-state index in [1.54, 1.807) is 24.8 Å². The molecule has 0 saturated carbocycles. The summed E-state index contributed by atoms with van der Waals surface area (Å²) in [6, 6.07) is 9.21. The van der Waals surface area contributed by atoms with Gasteiger partial charge in [-0.15, -0.1) is 0 Å². The van der Waals surface area contributed by atoms with E-state index in [0.717, 1.165) is 11.3 Å². The molecule has 0 aliphatic carbocycles. The molecule has 1 aromatic carbocycles. The first-order chi connectivity index (χ1) is 13.4. The van der Waals surface area contributed by atoms with Crippen LogP contribution in [0.3, 0.4) is 0 Å². The van der Waals surface area contributed by atoms with Crippen molar-refractivity contribution >= 4 is 23.5 Å². The fourth-order valence-corrected chi connectivity index (χ4v) is 3.53. The molecule has 148 valence electrons.